The van der Waals surface area contributed by atoms with Crippen molar-refractivity contribution in [1.29, 1.82) is 0 Å². The molecular formula is C30H24ClF2NO5S. The molecule has 5 rings (SSSR count). The molecule has 1 aliphatic rings. The summed E-state index contributed by atoms with van der Waals surface area (Å²) in [6.45, 7) is 1.59. The summed E-state index contributed by atoms with van der Waals surface area (Å²) in [6, 6.07) is 17.7. The standard InChI is InChI=1S/C30H24ClF2NO5S/c1-16(21-10-8-20(32)14-23(21)31)39-29(37)34-24-15-26(33)40-27(24)18-5-9-22(25(13-18)38-2)17-3-6-19(7-4-17)30(11-12-30)28(35)36/h3-10,13-16H,11-12H2,1-2H3,(H,34,37)(H,35,36)/t16-/m1/s1. The Morgan fingerprint density at radius 2 is 1.73 bits per heavy atom. The van der Waals surface area contributed by atoms with Crippen LogP contribution in [0.4, 0.5) is 19.3 Å². The van der Waals surface area contributed by atoms with Gasteiger partial charge in [-0.05, 0) is 54.7 Å². The zero-order valence-electron chi connectivity index (χ0n) is 21.5. The second-order valence-electron chi connectivity index (χ2n) is 9.51. The first-order chi connectivity index (χ1) is 19.1. The summed E-state index contributed by atoms with van der Waals surface area (Å²) in [4.78, 5) is 24.8. The van der Waals surface area contributed by atoms with Crippen LogP contribution in [0, 0.1) is 10.9 Å². The molecule has 1 heterocycles. The van der Waals surface area contributed by atoms with Gasteiger partial charge in [-0.1, -0.05) is 54.1 Å². The zero-order valence-corrected chi connectivity index (χ0v) is 23.0. The number of methoxy groups -OCH3 is 1. The lowest BCUT2D eigenvalue weighted by atomic mass is 9.93. The van der Waals surface area contributed by atoms with Crippen LogP contribution in [-0.4, -0.2) is 24.3 Å². The van der Waals surface area contributed by atoms with Gasteiger partial charge in [0.05, 0.1) is 28.1 Å². The fourth-order valence-electron chi connectivity index (χ4n) is 4.65. The van der Waals surface area contributed by atoms with E-state index in [1.165, 1.54) is 25.3 Å². The Bertz CT molecular complexity index is 1600. The molecule has 6 nitrogen and oxygen atoms in total. The number of carboxylic acids is 1. The summed E-state index contributed by atoms with van der Waals surface area (Å²) >= 11 is 6.92. The highest BCUT2D eigenvalue weighted by Crippen LogP contribution is 2.49. The number of carbonyl (C=O) groups excluding carboxylic acids is 1. The van der Waals surface area contributed by atoms with E-state index in [9.17, 15) is 23.5 Å². The van der Waals surface area contributed by atoms with Crippen molar-refractivity contribution in [3.63, 3.8) is 0 Å². The number of rotatable bonds is 8. The Hall–Kier alpha value is -3.95. The van der Waals surface area contributed by atoms with Crippen LogP contribution in [0.15, 0.2) is 66.7 Å². The van der Waals surface area contributed by atoms with Gasteiger partial charge in [-0.15, -0.1) is 11.3 Å². The summed E-state index contributed by atoms with van der Waals surface area (Å²) in [5.74, 6) is -0.800. The SMILES string of the molecule is COc1cc(-c2sc(F)cc2NC(=O)O[C@H](C)c2ccc(F)cc2Cl)ccc1-c1ccc(C2(C(=O)O)CC2)cc1. The van der Waals surface area contributed by atoms with Crippen molar-refractivity contribution < 1.29 is 33.0 Å². The van der Waals surface area contributed by atoms with Gasteiger partial charge in [0.15, 0.2) is 5.13 Å². The molecule has 0 aliphatic heterocycles. The van der Waals surface area contributed by atoms with E-state index in [1.807, 2.05) is 30.3 Å². The number of aliphatic carboxylic acids is 1. The fourth-order valence-corrected chi connectivity index (χ4v) is 5.81. The first-order valence-electron chi connectivity index (χ1n) is 12.4. The largest absolute Gasteiger partial charge is 0.496 e. The molecule has 1 fully saturated rings. The number of hydrogen-bond donors (Lipinski definition) is 2. The third-order valence-electron chi connectivity index (χ3n) is 6.99. The van der Waals surface area contributed by atoms with Crippen molar-refractivity contribution >= 4 is 40.7 Å². The molecule has 0 radical (unpaired) electrons. The van der Waals surface area contributed by atoms with Gasteiger partial charge >= 0.3 is 12.1 Å². The monoisotopic (exact) mass is 583 g/mol. The Morgan fingerprint density at radius 1 is 1.02 bits per heavy atom. The minimum absolute atomic E-state index is 0.123. The van der Waals surface area contributed by atoms with Crippen molar-refractivity contribution in [1.82, 2.24) is 0 Å². The molecule has 4 aromatic rings. The van der Waals surface area contributed by atoms with E-state index in [0.717, 1.165) is 34.1 Å². The van der Waals surface area contributed by atoms with Crippen LogP contribution in [-0.2, 0) is 14.9 Å². The smallest absolute Gasteiger partial charge is 0.412 e. The van der Waals surface area contributed by atoms with E-state index >= 15 is 0 Å². The maximum atomic E-state index is 14.4. The molecule has 2 N–H and O–H groups in total. The minimum Gasteiger partial charge on any atom is -0.496 e. The van der Waals surface area contributed by atoms with Crippen LogP contribution in [0.1, 0.15) is 37.0 Å². The van der Waals surface area contributed by atoms with E-state index in [1.54, 1.807) is 19.1 Å². The number of carboxylic acid groups (broad SMARTS) is 1. The van der Waals surface area contributed by atoms with Gasteiger partial charge in [-0.2, -0.15) is 4.39 Å². The lowest BCUT2D eigenvalue weighted by Gasteiger charge is -2.16. The van der Waals surface area contributed by atoms with Gasteiger partial charge in [0.25, 0.3) is 0 Å². The van der Waals surface area contributed by atoms with Crippen LogP contribution < -0.4 is 10.1 Å². The molecule has 206 valence electrons. The van der Waals surface area contributed by atoms with Crippen molar-refractivity contribution in [3.8, 4) is 27.3 Å². The van der Waals surface area contributed by atoms with Gasteiger partial charge in [0.1, 0.15) is 17.7 Å². The quantitative estimate of drug-likeness (QED) is 0.217. The molecule has 1 aliphatic carbocycles. The van der Waals surface area contributed by atoms with Crippen molar-refractivity contribution in [2.45, 2.75) is 31.3 Å². The number of ether oxygens (including phenoxy) is 2. The van der Waals surface area contributed by atoms with Crippen molar-refractivity contribution in [2.75, 3.05) is 12.4 Å². The number of nitrogens with one attached hydrogen (secondary N) is 1. The molecule has 40 heavy (non-hydrogen) atoms. The second-order valence-corrected chi connectivity index (χ2v) is 10.9. The number of halogens is 3. The summed E-state index contributed by atoms with van der Waals surface area (Å²) in [6.07, 6.45) is -0.360. The van der Waals surface area contributed by atoms with E-state index < -0.39 is 34.5 Å². The first-order valence-corrected chi connectivity index (χ1v) is 13.6. The third kappa shape index (κ3) is 5.39. The number of hydrogen-bond acceptors (Lipinski definition) is 5. The average Bonchev–Trinajstić information content (AvgIpc) is 3.66. The molecule has 3 aromatic carbocycles. The van der Waals surface area contributed by atoms with E-state index in [2.05, 4.69) is 5.32 Å². The molecule has 1 amide bonds. The van der Waals surface area contributed by atoms with Gasteiger partial charge in [-0.3, -0.25) is 10.1 Å². The fraction of sp³-hybridized carbons (Fsp3) is 0.200. The molecule has 0 saturated heterocycles. The van der Waals surface area contributed by atoms with Crippen LogP contribution in [0.3, 0.4) is 0 Å². The Kier molecular flexibility index (Phi) is 7.53. The predicted molar refractivity (Wildman–Crippen MR) is 150 cm³/mol. The molecule has 0 bridgehead atoms. The van der Waals surface area contributed by atoms with E-state index in [4.69, 9.17) is 21.1 Å². The Labute approximate surface area is 238 Å². The third-order valence-corrected chi connectivity index (χ3v) is 8.29. The van der Waals surface area contributed by atoms with Crippen LogP contribution >= 0.6 is 22.9 Å². The average molecular weight is 584 g/mol. The number of thiophene rings is 1. The lowest BCUT2D eigenvalue weighted by Crippen LogP contribution is -2.19. The van der Waals surface area contributed by atoms with Crippen LogP contribution in [0.5, 0.6) is 5.75 Å². The Balaban J connectivity index is 1.36. The number of anilines is 1. The van der Waals surface area contributed by atoms with Gasteiger partial charge in [0, 0.05) is 17.2 Å². The van der Waals surface area contributed by atoms with Gasteiger partial charge < -0.3 is 14.6 Å². The molecule has 10 heteroatoms. The molecule has 1 aromatic heterocycles. The Morgan fingerprint density at radius 3 is 2.35 bits per heavy atom. The molecular weight excluding hydrogens is 560 g/mol. The number of carbonyl (C=O) groups is 2. The highest BCUT2D eigenvalue weighted by atomic mass is 35.5. The second kappa shape index (κ2) is 10.9. The van der Waals surface area contributed by atoms with Crippen LogP contribution in [0.2, 0.25) is 5.02 Å². The highest BCUT2D eigenvalue weighted by Gasteiger charge is 2.51. The molecule has 1 saturated carbocycles. The van der Waals surface area contributed by atoms with Gasteiger partial charge in [-0.25, -0.2) is 9.18 Å². The van der Waals surface area contributed by atoms with Crippen molar-refractivity contribution in [2.24, 2.45) is 0 Å². The maximum absolute atomic E-state index is 14.4. The summed E-state index contributed by atoms with van der Waals surface area (Å²) in [7, 11) is 1.52. The van der Waals surface area contributed by atoms with Gasteiger partial charge in [0.2, 0.25) is 0 Å². The molecule has 0 spiro atoms. The summed E-state index contributed by atoms with van der Waals surface area (Å²) < 4.78 is 38.8. The minimum atomic E-state index is -0.828. The number of amides is 1. The molecule has 0 unspecified atom stereocenters. The zero-order chi connectivity index (χ0) is 28.6. The highest BCUT2D eigenvalue weighted by molar-refractivity contribution is 7.14. The predicted octanol–water partition coefficient (Wildman–Crippen LogP) is 8.45. The van der Waals surface area contributed by atoms with E-state index in [0.29, 0.717) is 34.6 Å². The maximum Gasteiger partial charge on any atom is 0.412 e. The summed E-state index contributed by atoms with van der Waals surface area (Å²) in [5.41, 5.74) is 2.84. The normalized spacial score (nSPS) is 14.3. The summed E-state index contributed by atoms with van der Waals surface area (Å²) in [5, 5.41) is 11.8. The number of benzene rings is 3. The topological polar surface area (TPSA) is 84.9 Å². The van der Waals surface area contributed by atoms with Crippen molar-refractivity contribution in [3.05, 3.63) is 93.8 Å². The first kappa shape index (κ1) is 27.6. The van der Waals surface area contributed by atoms with Crippen LogP contribution in [0.25, 0.3) is 21.6 Å². The van der Waals surface area contributed by atoms with E-state index in [-0.39, 0.29) is 10.7 Å². The molecule has 1 atom stereocenters. The lowest BCUT2D eigenvalue weighted by molar-refractivity contribution is -0.140.